The quantitative estimate of drug-likeness (QED) is 0.352. The molecule has 4 bridgehead atoms. The number of hydrogen-bond acceptors (Lipinski definition) is 7. The van der Waals surface area contributed by atoms with Crippen molar-refractivity contribution in [2.45, 2.75) is 37.2 Å². The van der Waals surface area contributed by atoms with Crippen LogP contribution in [0.4, 0.5) is 20.6 Å². The van der Waals surface area contributed by atoms with Gasteiger partial charge in [-0.15, -0.1) is 0 Å². The van der Waals surface area contributed by atoms with Crippen molar-refractivity contribution in [2.75, 3.05) is 17.2 Å². The van der Waals surface area contributed by atoms with Gasteiger partial charge in [-0.2, -0.15) is 0 Å². The summed E-state index contributed by atoms with van der Waals surface area (Å²) < 4.78 is 43.6. The van der Waals surface area contributed by atoms with E-state index in [1.165, 1.54) is 30.3 Å². The molecule has 5 N–H and O–H groups in total. The molecule has 2 aliphatic rings. The van der Waals surface area contributed by atoms with E-state index in [0.29, 0.717) is 18.4 Å². The van der Waals surface area contributed by atoms with E-state index < -0.39 is 40.8 Å². The molecule has 3 amide bonds. The highest BCUT2D eigenvalue weighted by atomic mass is 32.2. The highest BCUT2D eigenvalue weighted by Gasteiger charge is 2.24. The van der Waals surface area contributed by atoms with E-state index in [2.05, 4.69) is 16.0 Å². The molecular formula is C27H26FN4O6S-. The van der Waals surface area contributed by atoms with Crippen LogP contribution >= 0.6 is 0 Å². The van der Waals surface area contributed by atoms with Crippen LogP contribution in [0.2, 0.25) is 0 Å². The number of benzene rings is 3. The molecule has 0 fully saturated rings. The SMILES string of the molecule is CCc1cc2ccc1CCOC(=O)Nc1ccc(S(=O)[O-])c(c1)CNC(=O)[C@@H]2Nc1cc(C(N)=O)ccc1F. The zero-order chi connectivity index (χ0) is 28.1. The van der Waals surface area contributed by atoms with Crippen molar-refractivity contribution in [3.05, 3.63) is 88.2 Å². The molecule has 0 saturated heterocycles. The summed E-state index contributed by atoms with van der Waals surface area (Å²) in [6.07, 6.45) is 0.320. The summed E-state index contributed by atoms with van der Waals surface area (Å²) in [5.74, 6) is -2.04. The number of fused-ring (bicyclic) bond motifs is 9. The smallest absolute Gasteiger partial charge is 0.411 e. The number of ether oxygens (including phenoxy) is 1. The maximum absolute atomic E-state index is 14.7. The number of rotatable bonds is 5. The van der Waals surface area contributed by atoms with Gasteiger partial charge in [-0.05, 0) is 76.2 Å². The molecule has 0 saturated carbocycles. The van der Waals surface area contributed by atoms with Crippen LogP contribution in [-0.4, -0.2) is 33.3 Å². The third kappa shape index (κ3) is 6.59. The van der Waals surface area contributed by atoms with Crippen molar-refractivity contribution in [3.63, 3.8) is 0 Å². The van der Waals surface area contributed by atoms with Gasteiger partial charge in [-0.25, -0.2) is 9.18 Å². The molecule has 0 spiro atoms. The number of primary amides is 1. The lowest BCUT2D eigenvalue weighted by atomic mass is 9.95. The van der Waals surface area contributed by atoms with Crippen molar-refractivity contribution in [1.82, 2.24) is 5.32 Å². The lowest BCUT2D eigenvalue weighted by Crippen LogP contribution is -2.34. The van der Waals surface area contributed by atoms with Crippen molar-refractivity contribution in [2.24, 2.45) is 5.73 Å². The second-order valence-corrected chi connectivity index (χ2v) is 9.71. The van der Waals surface area contributed by atoms with Gasteiger partial charge in [0.25, 0.3) is 0 Å². The van der Waals surface area contributed by atoms with Crippen molar-refractivity contribution in [1.29, 1.82) is 0 Å². The molecule has 12 heteroatoms. The number of aryl methyl sites for hydroxylation is 1. The van der Waals surface area contributed by atoms with Gasteiger partial charge < -0.3 is 25.7 Å². The predicted molar refractivity (Wildman–Crippen MR) is 141 cm³/mol. The molecular weight excluding hydrogens is 527 g/mol. The van der Waals surface area contributed by atoms with Gasteiger partial charge in [-0.1, -0.05) is 25.1 Å². The Morgan fingerprint density at radius 1 is 1.15 bits per heavy atom. The number of nitrogens with one attached hydrogen (secondary N) is 3. The Bertz CT molecular complexity index is 1460. The van der Waals surface area contributed by atoms with Crippen LogP contribution in [0.15, 0.2) is 59.5 Å². The van der Waals surface area contributed by atoms with E-state index in [-0.39, 0.29) is 40.5 Å². The largest absolute Gasteiger partial charge is 0.768 e. The lowest BCUT2D eigenvalue weighted by molar-refractivity contribution is -0.122. The minimum absolute atomic E-state index is 0.0542. The number of hydrogen-bond donors (Lipinski definition) is 4. The summed E-state index contributed by atoms with van der Waals surface area (Å²) in [4.78, 5) is 37.4. The Balaban J connectivity index is 1.77. The third-order valence-electron chi connectivity index (χ3n) is 6.30. The number of amides is 3. The molecule has 2 aliphatic heterocycles. The van der Waals surface area contributed by atoms with Gasteiger partial charge in [-0.3, -0.25) is 19.1 Å². The molecule has 204 valence electrons. The topological polar surface area (TPSA) is 163 Å². The average molecular weight is 554 g/mol. The van der Waals surface area contributed by atoms with Gasteiger partial charge in [0.05, 0.1) is 12.3 Å². The first kappa shape index (κ1) is 27.7. The van der Waals surface area contributed by atoms with Crippen LogP contribution in [-0.2, 0) is 40.0 Å². The Labute approximate surface area is 226 Å². The summed E-state index contributed by atoms with van der Waals surface area (Å²) in [6, 6.07) is 11.9. The van der Waals surface area contributed by atoms with E-state index >= 15 is 0 Å². The van der Waals surface area contributed by atoms with Crippen LogP contribution < -0.4 is 21.7 Å². The maximum atomic E-state index is 14.7. The average Bonchev–Trinajstić information content (AvgIpc) is 2.90. The Morgan fingerprint density at radius 3 is 2.67 bits per heavy atom. The van der Waals surface area contributed by atoms with Crippen molar-refractivity contribution in [3.8, 4) is 0 Å². The number of carbonyl (C=O) groups is 3. The Kier molecular flexibility index (Phi) is 8.57. The van der Waals surface area contributed by atoms with Gasteiger partial charge in [0.2, 0.25) is 11.8 Å². The molecule has 10 nitrogen and oxygen atoms in total. The number of nitrogens with two attached hydrogens (primary N) is 1. The van der Waals surface area contributed by atoms with Crippen LogP contribution in [0, 0.1) is 5.82 Å². The van der Waals surface area contributed by atoms with Gasteiger partial charge in [0, 0.05) is 29.1 Å². The molecule has 2 heterocycles. The van der Waals surface area contributed by atoms with E-state index in [0.717, 1.165) is 17.2 Å². The molecule has 0 aromatic heterocycles. The first-order valence-electron chi connectivity index (χ1n) is 12.1. The Hall–Kier alpha value is -4.29. The summed E-state index contributed by atoms with van der Waals surface area (Å²) in [7, 11) is 0. The number of carbonyl (C=O) groups excluding carboxylic acids is 3. The fourth-order valence-electron chi connectivity index (χ4n) is 4.29. The summed E-state index contributed by atoms with van der Waals surface area (Å²) >= 11 is -2.62. The molecule has 0 aliphatic carbocycles. The summed E-state index contributed by atoms with van der Waals surface area (Å²) in [5.41, 5.74) is 8.10. The summed E-state index contributed by atoms with van der Waals surface area (Å²) in [5, 5.41) is 8.13. The van der Waals surface area contributed by atoms with E-state index in [4.69, 9.17) is 10.5 Å². The van der Waals surface area contributed by atoms with Gasteiger partial charge in [0.1, 0.15) is 11.9 Å². The highest BCUT2D eigenvalue weighted by Crippen LogP contribution is 2.27. The van der Waals surface area contributed by atoms with E-state index in [1.54, 1.807) is 18.2 Å². The number of anilines is 2. The van der Waals surface area contributed by atoms with Crippen molar-refractivity contribution >= 4 is 40.4 Å². The molecule has 3 aromatic rings. The predicted octanol–water partition coefficient (Wildman–Crippen LogP) is 3.30. The lowest BCUT2D eigenvalue weighted by Gasteiger charge is -2.23. The summed E-state index contributed by atoms with van der Waals surface area (Å²) in [6.45, 7) is 1.80. The molecule has 39 heavy (non-hydrogen) atoms. The fourth-order valence-corrected chi connectivity index (χ4v) is 4.82. The molecule has 3 aromatic carbocycles. The molecule has 1 unspecified atom stereocenters. The minimum atomic E-state index is -2.62. The first-order chi connectivity index (χ1) is 18.7. The van der Waals surface area contributed by atoms with Gasteiger partial charge >= 0.3 is 6.09 Å². The second kappa shape index (κ2) is 12.0. The minimum Gasteiger partial charge on any atom is -0.768 e. The normalized spacial score (nSPS) is 16.5. The maximum Gasteiger partial charge on any atom is 0.411 e. The number of halogens is 1. The third-order valence-corrected chi connectivity index (χ3v) is 7.06. The standard InChI is InChI=1S/C27H27FN4O6S/c1-2-15-11-17-4-3-16(15)9-10-38-27(35)31-20-6-8-23(39(36)37)19(12-20)14-30-26(34)24(17)32-22-13-18(25(29)33)5-7-21(22)28/h3-8,11-13,24,32H,2,9-10,14H2,1H3,(H2,29,33)(H,30,34)(H,31,35)(H,36,37)/p-1/t24-/m1/s1. The highest BCUT2D eigenvalue weighted by molar-refractivity contribution is 7.79. The second-order valence-electron chi connectivity index (χ2n) is 8.80. The van der Waals surface area contributed by atoms with E-state index in [9.17, 15) is 27.5 Å². The monoisotopic (exact) mass is 553 g/mol. The zero-order valence-corrected chi connectivity index (χ0v) is 21.7. The van der Waals surface area contributed by atoms with Crippen molar-refractivity contribution < 1.29 is 32.3 Å². The van der Waals surface area contributed by atoms with Crippen LogP contribution in [0.5, 0.6) is 0 Å². The Morgan fingerprint density at radius 2 is 1.95 bits per heavy atom. The zero-order valence-electron chi connectivity index (χ0n) is 20.9. The van der Waals surface area contributed by atoms with E-state index in [1.807, 2.05) is 6.92 Å². The van der Waals surface area contributed by atoms with Crippen LogP contribution in [0.25, 0.3) is 0 Å². The molecule has 2 atom stereocenters. The molecule has 0 radical (unpaired) electrons. The van der Waals surface area contributed by atoms with Crippen LogP contribution in [0.3, 0.4) is 0 Å². The van der Waals surface area contributed by atoms with Crippen LogP contribution in [0.1, 0.15) is 45.6 Å². The molecule has 5 rings (SSSR count). The fraction of sp³-hybridized carbons (Fsp3) is 0.222. The van der Waals surface area contributed by atoms with Gasteiger partial charge in [0.15, 0.2) is 0 Å². The first-order valence-corrected chi connectivity index (χ1v) is 13.1.